The van der Waals surface area contributed by atoms with Gasteiger partial charge in [-0.25, -0.2) is 0 Å². The van der Waals surface area contributed by atoms with Gasteiger partial charge >= 0.3 is 0 Å². The Balaban J connectivity index is 1.61. The number of aliphatic imine (C=N–C) groups is 1. The van der Waals surface area contributed by atoms with Crippen LogP contribution in [0.2, 0.25) is 0 Å². The highest BCUT2D eigenvalue weighted by Crippen LogP contribution is 2.41. The van der Waals surface area contributed by atoms with Gasteiger partial charge in [0.05, 0.1) is 11.9 Å². The second kappa shape index (κ2) is 5.80. The largest absolute Gasteiger partial charge is 0.332 e. The summed E-state index contributed by atoms with van der Waals surface area (Å²) in [6, 6.07) is 0.400. The number of anilines is 1. The number of rotatable bonds is 2. The molecule has 1 N–H and O–H groups in total. The predicted octanol–water partition coefficient (Wildman–Crippen LogP) is 3.93. The van der Waals surface area contributed by atoms with Crippen LogP contribution in [0.3, 0.4) is 0 Å². The van der Waals surface area contributed by atoms with Gasteiger partial charge in [0, 0.05) is 24.5 Å². The van der Waals surface area contributed by atoms with Crippen molar-refractivity contribution in [3.8, 4) is 0 Å². The van der Waals surface area contributed by atoms with Crippen molar-refractivity contribution in [3.63, 3.8) is 0 Å². The van der Waals surface area contributed by atoms with Crippen LogP contribution in [0.5, 0.6) is 0 Å². The number of hydrogen-bond acceptors (Lipinski definition) is 4. The molecule has 0 atom stereocenters. The molecule has 1 aromatic heterocycles. The van der Waals surface area contributed by atoms with Gasteiger partial charge in [-0.3, -0.25) is 9.67 Å². The van der Waals surface area contributed by atoms with Gasteiger partial charge in [-0.2, -0.15) is 5.10 Å². The summed E-state index contributed by atoms with van der Waals surface area (Å²) in [5.74, 6) is 1.22. The molecule has 5 heteroatoms. The second-order valence-electron chi connectivity index (χ2n) is 6.40. The van der Waals surface area contributed by atoms with E-state index in [2.05, 4.69) is 30.5 Å². The highest BCUT2D eigenvalue weighted by atomic mass is 32.2. The lowest BCUT2D eigenvalue weighted by Gasteiger charge is -2.38. The number of nitrogens with one attached hydrogen (secondary N) is 1. The first-order chi connectivity index (χ1) is 9.67. The molecule has 0 aromatic carbocycles. The number of hydrogen-bond donors (Lipinski definition) is 1. The first kappa shape index (κ1) is 14.0. The Morgan fingerprint density at radius 3 is 2.70 bits per heavy atom. The van der Waals surface area contributed by atoms with Gasteiger partial charge in [0.25, 0.3) is 0 Å². The molecule has 0 bridgehead atoms. The van der Waals surface area contributed by atoms with Crippen molar-refractivity contribution in [2.24, 2.45) is 10.4 Å². The van der Waals surface area contributed by atoms with E-state index >= 15 is 0 Å². The molecule has 0 radical (unpaired) electrons. The summed E-state index contributed by atoms with van der Waals surface area (Å²) in [7, 11) is 0. The third-order valence-corrected chi connectivity index (χ3v) is 5.63. The highest BCUT2D eigenvalue weighted by Gasteiger charge is 2.34. The molecular formula is C15H24N4S. The lowest BCUT2D eigenvalue weighted by Crippen LogP contribution is -2.35. The molecule has 1 spiro atoms. The molecule has 0 amide bonds. The molecule has 2 aliphatic rings. The Kier molecular flexibility index (Phi) is 4.06. The van der Waals surface area contributed by atoms with Crippen LogP contribution in [0, 0.1) is 5.41 Å². The zero-order chi connectivity index (χ0) is 14.0. The fraction of sp³-hybridized carbons (Fsp3) is 0.733. The van der Waals surface area contributed by atoms with E-state index in [4.69, 9.17) is 4.99 Å². The van der Waals surface area contributed by atoms with Gasteiger partial charge in [-0.15, -0.1) is 0 Å². The molecule has 110 valence electrons. The van der Waals surface area contributed by atoms with Crippen LogP contribution >= 0.6 is 11.8 Å². The van der Waals surface area contributed by atoms with E-state index in [0.717, 1.165) is 17.4 Å². The molecular weight excluding hydrogens is 268 g/mol. The number of aromatic nitrogens is 2. The summed E-state index contributed by atoms with van der Waals surface area (Å²) in [5.41, 5.74) is 1.54. The minimum atomic E-state index is 0.400. The van der Waals surface area contributed by atoms with Gasteiger partial charge in [0.2, 0.25) is 0 Å². The van der Waals surface area contributed by atoms with Crippen molar-refractivity contribution in [1.29, 1.82) is 0 Å². The van der Waals surface area contributed by atoms with E-state index in [0.29, 0.717) is 11.5 Å². The van der Waals surface area contributed by atoms with Crippen LogP contribution in [0.1, 0.15) is 52.0 Å². The van der Waals surface area contributed by atoms with Crippen molar-refractivity contribution < 1.29 is 0 Å². The average Bonchev–Trinajstić information content (AvgIpc) is 2.92. The summed E-state index contributed by atoms with van der Waals surface area (Å²) < 4.78 is 1.97. The van der Waals surface area contributed by atoms with Gasteiger partial charge in [-0.05, 0) is 32.1 Å². The summed E-state index contributed by atoms with van der Waals surface area (Å²) in [4.78, 5) is 4.79. The van der Waals surface area contributed by atoms with Crippen molar-refractivity contribution in [3.05, 3.63) is 12.4 Å². The summed E-state index contributed by atoms with van der Waals surface area (Å²) in [6.45, 7) is 5.27. The van der Waals surface area contributed by atoms with Crippen molar-refractivity contribution in [1.82, 2.24) is 9.78 Å². The maximum Gasteiger partial charge on any atom is 0.161 e. The standard InChI is InChI=1S/C15H24N4S/c1-12(2)19-9-13(8-17-19)18-14-16-10-15(11-20-14)6-4-3-5-7-15/h8-9,12H,3-7,10-11H2,1-2H3,(H,16,18). The number of thioether (sulfide) groups is 1. The van der Waals surface area contributed by atoms with Crippen LogP contribution in [0.25, 0.3) is 0 Å². The van der Waals surface area contributed by atoms with E-state index < -0.39 is 0 Å². The minimum Gasteiger partial charge on any atom is -0.332 e. The lowest BCUT2D eigenvalue weighted by molar-refractivity contribution is 0.232. The quantitative estimate of drug-likeness (QED) is 0.898. The number of amidine groups is 1. The SMILES string of the molecule is CC(C)n1cc(NC2=NCC3(CCCCC3)CS2)cn1. The molecule has 1 aliphatic heterocycles. The van der Waals surface area contributed by atoms with Gasteiger partial charge in [-0.1, -0.05) is 31.0 Å². The van der Waals surface area contributed by atoms with Crippen molar-refractivity contribution in [2.45, 2.75) is 52.0 Å². The summed E-state index contributed by atoms with van der Waals surface area (Å²) in [6.07, 6.45) is 10.9. The summed E-state index contributed by atoms with van der Waals surface area (Å²) in [5, 5.41) is 8.82. The van der Waals surface area contributed by atoms with Crippen LogP contribution in [0.15, 0.2) is 17.4 Å². The Hall–Kier alpha value is -0.970. The van der Waals surface area contributed by atoms with Crippen LogP contribution in [-0.4, -0.2) is 27.2 Å². The minimum absolute atomic E-state index is 0.400. The van der Waals surface area contributed by atoms with Gasteiger partial charge in [0.15, 0.2) is 5.17 Å². The van der Waals surface area contributed by atoms with E-state index in [1.54, 1.807) is 0 Å². The maximum absolute atomic E-state index is 4.79. The normalized spacial score (nSPS) is 22.1. The predicted molar refractivity (Wildman–Crippen MR) is 86.5 cm³/mol. The van der Waals surface area contributed by atoms with Gasteiger partial charge < -0.3 is 5.32 Å². The van der Waals surface area contributed by atoms with Crippen LogP contribution in [-0.2, 0) is 0 Å². The second-order valence-corrected chi connectivity index (χ2v) is 7.36. The van der Waals surface area contributed by atoms with Crippen LogP contribution < -0.4 is 5.32 Å². The molecule has 1 aliphatic carbocycles. The Morgan fingerprint density at radius 2 is 2.10 bits per heavy atom. The molecule has 0 unspecified atom stereocenters. The molecule has 2 heterocycles. The van der Waals surface area contributed by atoms with E-state index in [1.165, 1.54) is 37.9 Å². The summed E-state index contributed by atoms with van der Waals surface area (Å²) >= 11 is 1.88. The molecule has 1 saturated carbocycles. The molecule has 20 heavy (non-hydrogen) atoms. The molecule has 4 nitrogen and oxygen atoms in total. The zero-order valence-electron chi connectivity index (χ0n) is 12.4. The maximum atomic E-state index is 4.79. The monoisotopic (exact) mass is 292 g/mol. The highest BCUT2D eigenvalue weighted by molar-refractivity contribution is 8.14. The smallest absolute Gasteiger partial charge is 0.161 e. The third kappa shape index (κ3) is 3.03. The average molecular weight is 292 g/mol. The lowest BCUT2D eigenvalue weighted by atomic mass is 9.75. The fourth-order valence-electron chi connectivity index (χ4n) is 3.04. The van der Waals surface area contributed by atoms with Crippen molar-refractivity contribution in [2.75, 3.05) is 17.6 Å². The fourth-order valence-corrected chi connectivity index (χ4v) is 4.21. The van der Waals surface area contributed by atoms with Crippen LogP contribution in [0.4, 0.5) is 5.69 Å². The van der Waals surface area contributed by atoms with Crippen molar-refractivity contribution >= 4 is 22.6 Å². The Bertz CT molecular complexity index is 486. The first-order valence-electron chi connectivity index (χ1n) is 7.65. The molecule has 0 saturated heterocycles. The van der Waals surface area contributed by atoms with E-state index in [-0.39, 0.29) is 0 Å². The topological polar surface area (TPSA) is 42.2 Å². The van der Waals surface area contributed by atoms with Gasteiger partial charge in [0.1, 0.15) is 0 Å². The molecule has 1 fully saturated rings. The van der Waals surface area contributed by atoms with E-state index in [9.17, 15) is 0 Å². The first-order valence-corrected chi connectivity index (χ1v) is 8.64. The number of nitrogens with zero attached hydrogens (tertiary/aromatic N) is 3. The third-order valence-electron chi connectivity index (χ3n) is 4.37. The zero-order valence-corrected chi connectivity index (χ0v) is 13.2. The molecule has 3 rings (SSSR count). The Labute approximate surface area is 125 Å². The van der Waals surface area contributed by atoms with E-state index in [1.807, 2.05) is 22.6 Å². The Morgan fingerprint density at radius 1 is 1.30 bits per heavy atom. The molecule has 1 aromatic rings.